The second-order valence-corrected chi connectivity index (χ2v) is 1.95. The van der Waals surface area contributed by atoms with Crippen molar-refractivity contribution in [3.05, 3.63) is 0 Å². The van der Waals surface area contributed by atoms with E-state index in [4.69, 9.17) is 5.11 Å². The summed E-state index contributed by atoms with van der Waals surface area (Å²) in [6.07, 6.45) is -1.53. The first-order valence-electron chi connectivity index (χ1n) is 3.56. The van der Waals surface area contributed by atoms with Crippen LogP contribution in [0.1, 0.15) is 13.8 Å². The van der Waals surface area contributed by atoms with E-state index in [1.165, 1.54) is 4.90 Å². The zero-order valence-electron chi connectivity index (χ0n) is 7.03. The van der Waals surface area contributed by atoms with Gasteiger partial charge in [-0.25, -0.2) is 9.59 Å². The van der Waals surface area contributed by atoms with Crippen molar-refractivity contribution in [3.8, 4) is 0 Å². The summed E-state index contributed by atoms with van der Waals surface area (Å²) in [5.74, 6) is 0. The van der Waals surface area contributed by atoms with Crippen LogP contribution in [0.5, 0.6) is 0 Å². The summed E-state index contributed by atoms with van der Waals surface area (Å²) in [7, 11) is 0. The number of nitrogens with zero attached hydrogens (tertiary/aromatic N) is 1. The van der Waals surface area contributed by atoms with E-state index in [1.807, 2.05) is 0 Å². The number of urea groups is 1. The number of hydrogen-bond acceptors (Lipinski definition) is 3. The highest BCUT2D eigenvalue weighted by molar-refractivity contribution is 5.74. The van der Waals surface area contributed by atoms with Crippen molar-refractivity contribution in [1.82, 2.24) is 10.4 Å². The lowest BCUT2D eigenvalue weighted by Gasteiger charge is -2.17. The molecule has 0 saturated carbocycles. The van der Waals surface area contributed by atoms with Crippen molar-refractivity contribution in [1.29, 1.82) is 0 Å². The molecule has 0 saturated heterocycles. The average Bonchev–Trinajstić information content (AvgIpc) is 2.03. The molecule has 0 spiro atoms. The van der Waals surface area contributed by atoms with Crippen LogP contribution in [0.25, 0.3) is 0 Å². The Morgan fingerprint density at radius 1 is 1.42 bits per heavy atom. The molecule has 0 atom stereocenters. The maximum Gasteiger partial charge on any atom is 0.530 e. The van der Waals surface area contributed by atoms with E-state index >= 15 is 0 Å². The molecule has 0 aliphatic rings. The van der Waals surface area contributed by atoms with Gasteiger partial charge in [0.1, 0.15) is 0 Å². The summed E-state index contributed by atoms with van der Waals surface area (Å²) in [4.78, 5) is 26.0. The van der Waals surface area contributed by atoms with Gasteiger partial charge < -0.3 is 14.8 Å². The molecule has 2 N–H and O–H groups in total. The van der Waals surface area contributed by atoms with E-state index < -0.39 is 12.2 Å². The predicted molar refractivity (Wildman–Crippen MR) is 40.6 cm³/mol. The maximum atomic E-state index is 10.9. The smallest absolute Gasteiger partial charge is 0.448 e. The molecule has 2 amide bonds. The minimum atomic E-state index is -1.53. The molecule has 0 aromatic carbocycles. The molecule has 6 nitrogen and oxygen atoms in total. The largest absolute Gasteiger partial charge is 0.530 e. The fourth-order valence-corrected chi connectivity index (χ4v) is 0.663. The molecule has 0 heterocycles. The third-order valence-corrected chi connectivity index (χ3v) is 1.28. The van der Waals surface area contributed by atoms with E-state index in [9.17, 15) is 9.59 Å². The molecule has 0 radical (unpaired) electrons. The summed E-state index contributed by atoms with van der Waals surface area (Å²) in [5.41, 5.74) is 1.77. The van der Waals surface area contributed by atoms with E-state index in [-0.39, 0.29) is 0 Å². The summed E-state index contributed by atoms with van der Waals surface area (Å²) >= 11 is 0. The standard InChI is InChI=1S/C6H12N2O4/c1-3-8(4-2)5(9)7-12-6(10)11/h3-4H2,1-2H3,(H,7,9)(H,10,11). The Bertz CT molecular complexity index is 167. The van der Waals surface area contributed by atoms with Crippen LogP contribution in [-0.4, -0.2) is 35.3 Å². The molecular formula is C6H12N2O4. The van der Waals surface area contributed by atoms with E-state index in [2.05, 4.69) is 4.84 Å². The van der Waals surface area contributed by atoms with Crippen molar-refractivity contribution in [2.45, 2.75) is 13.8 Å². The monoisotopic (exact) mass is 176 g/mol. The molecule has 6 heteroatoms. The molecular weight excluding hydrogens is 164 g/mol. The number of carbonyl (C=O) groups is 2. The highest BCUT2D eigenvalue weighted by Gasteiger charge is 2.10. The van der Waals surface area contributed by atoms with Crippen LogP contribution in [0.15, 0.2) is 0 Å². The first-order chi connectivity index (χ1) is 5.61. The maximum absolute atomic E-state index is 10.9. The van der Waals surface area contributed by atoms with Crippen LogP contribution in [0.3, 0.4) is 0 Å². The van der Waals surface area contributed by atoms with Crippen molar-refractivity contribution in [2.75, 3.05) is 13.1 Å². The Balaban J connectivity index is 3.77. The van der Waals surface area contributed by atoms with E-state index in [0.29, 0.717) is 13.1 Å². The first-order valence-corrected chi connectivity index (χ1v) is 3.56. The normalized spacial score (nSPS) is 8.83. The lowest BCUT2D eigenvalue weighted by molar-refractivity contribution is 0.0482. The molecule has 70 valence electrons. The summed E-state index contributed by atoms with van der Waals surface area (Å²) < 4.78 is 0. The number of hydrogen-bond donors (Lipinski definition) is 2. The lowest BCUT2D eigenvalue weighted by Crippen LogP contribution is -2.40. The topological polar surface area (TPSA) is 78.9 Å². The van der Waals surface area contributed by atoms with Crippen LogP contribution in [0.4, 0.5) is 9.59 Å². The quantitative estimate of drug-likeness (QED) is 0.605. The number of carbonyl (C=O) groups excluding carboxylic acids is 1. The van der Waals surface area contributed by atoms with Gasteiger partial charge in [0.05, 0.1) is 0 Å². The van der Waals surface area contributed by atoms with Crippen LogP contribution >= 0.6 is 0 Å². The Morgan fingerprint density at radius 2 is 1.92 bits per heavy atom. The van der Waals surface area contributed by atoms with Gasteiger partial charge in [-0.1, -0.05) is 0 Å². The molecule has 0 fully saturated rings. The second-order valence-electron chi connectivity index (χ2n) is 1.95. The molecule has 0 unspecified atom stereocenters. The van der Waals surface area contributed by atoms with Crippen LogP contribution in [0.2, 0.25) is 0 Å². The number of carboxylic acid groups (broad SMARTS) is 1. The molecule has 0 aromatic rings. The fourth-order valence-electron chi connectivity index (χ4n) is 0.663. The minimum absolute atomic E-state index is 0.505. The zero-order valence-corrected chi connectivity index (χ0v) is 7.03. The highest BCUT2D eigenvalue weighted by Crippen LogP contribution is 1.87. The van der Waals surface area contributed by atoms with Gasteiger partial charge in [-0.2, -0.15) is 5.48 Å². The van der Waals surface area contributed by atoms with Gasteiger partial charge in [0.15, 0.2) is 0 Å². The van der Waals surface area contributed by atoms with Gasteiger partial charge in [0.2, 0.25) is 0 Å². The first kappa shape index (κ1) is 10.5. The molecule has 0 bridgehead atoms. The molecule has 0 rings (SSSR count). The van der Waals surface area contributed by atoms with Crippen molar-refractivity contribution >= 4 is 12.2 Å². The number of nitrogens with one attached hydrogen (secondary N) is 1. The van der Waals surface area contributed by atoms with Crippen LogP contribution in [0, 0.1) is 0 Å². The molecule has 0 aliphatic carbocycles. The van der Waals surface area contributed by atoms with Crippen molar-refractivity contribution in [3.63, 3.8) is 0 Å². The average molecular weight is 176 g/mol. The lowest BCUT2D eigenvalue weighted by atomic mass is 10.5. The Morgan fingerprint density at radius 3 is 2.25 bits per heavy atom. The Labute approximate surface area is 70.1 Å². The van der Waals surface area contributed by atoms with Crippen molar-refractivity contribution in [2.24, 2.45) is 0 Å². The summed E-state index contributed by atoms with van der Waals surface area (Å²) in [5, 5.41) is 8.03. The third kappa shape index (κ3) is 3.65. The summed E-state index contributed by atoms with van der Waals surface area (Å²) in [6, 6.07) is -0.553. The number of rotatable bonds is 2. The van der Waals surface area contributed by atoms with E-state index in [1.54, 1.807) is 19.3 Å². The van der Waals surface area contributed by atoms with Crippen LogP contribution in [-0.2, 0) is 4.84 Å². The molecule has 0 aliphatic heterocycles. The van der Waals surface area contributed by atoms with Gasteiger partial charge in [-0.3, -0.25) is 0 Å². The van der Waals surface area contributed by atoms with Gasteiger partial charge in [-0.15, -0.1) is 0 Å². The second kappa shape index (κ2) is 5.22. The predicted octanol–water partition coefficient (Wildman–Crippen LogP) is 0.647. The third-order valence-electron chi connectivity index (χ3n) is 1.28. The zero-order chi connectivity index (χ0) is 9.56. The minimum Gasteiger partial charge on any atom is -0.448 e. The number of hydroxylamine groups is 1. The van der Waals surface area contributed by atoms with Gasteiger partial charge in [-0.05, 0) is 13.8 Å². The highest BCUT2D eigenvalue weighted by atomic mass is 16.8. The number of amides is 2. The van der Waals surface area contributed by atoms with Gasteiger partial charge in [0.25, 0.3) is 0 Å². The summed E-state index contributed by atoms with van der Waals surface area (Å²) in [6.45, 7) is 4.57. The van der Waals surface area contributed by atoms with Gasteiger partial charge >= 0.3 is 12.2 Å². The molecule has 0 aromatic heterocycles. The van der Waals surface area contributed by atoms with Crippen molar-refractivity contribution < 1.29 is 19.5 Å². The Hall–Kier alpha value is -1.46. The van der Waals surface area contributed by atoms with Crippen LogP contribution < -0.4 is 5.48 Å². The SMILES string of the molecule is CCN(CC)C(=O)NOC(=O)O. The van der Waals surface area contributed by atoms with Gasteiger partial charge in [0, 0.05) is 13.1 Å². The fraction of sp³-hybridized carbons (Fsp3) is 0.667. The molecule has 12 heavy (non-hydrogen) atoms. The Kier molecular flexibility index (Phi) is 4.59. The van der Waals surface area contributed by atoms with E-state index in [0.717, 1.165) is 0 Å².